The molecule has 0 aliphatic carbocycles. The van der Waals surface area contributed by atoms with Gasteiger partial charge in [-0.2, -0.15) is 0 Å². The molecular formula is C22H32N4O8. The van der Waals surface area contributed by atoms with Gasteiger partial charge in [0.15, 0.2) is 0 Å². The van der Waals surface area contributed by atoms with E-state index in [2.05, 4.69) is 16.0 Å². The summed E-state index contributed by atoms with van der Waals surface area (Å²) in [5.74, 6) is -1.79. The molecule has 188 valence electrons. The second-order valence-electron chi connectivity index (χ2n) is 9.31. The zero-order valence-electron chi connectivity index (χ0n) is 20.3. The Labute approximate surface area is 197 Å². The summed E-state index contributed by atoms with van der Waals surface area (Å²) in [5, 5.41) is 18.7. The van der Waals surface area contributed by atoms with Crippen molar-refractivity contribution in [2.24, 2.45) is 0 Å². The van der Waals surface area contributed by atoms with Crippen molar-refractivity contribution in [1.29, 1.82) is 0 Å². The maximum Gasteiger partial charge on any atom is 0.407 e. The fourth-order valence-corrected chi connectivity index (χ4v) is 2.54. The summed E-state index contributed by atoms with van der Waals surface area (Å²) >= 11 is 0. The van der Waals surface area contributed by atoms with E-state index < -0.39 is 45.7 Å². The molecule has 12 nitrogen and oxygen atoms in total. The quantitative estimate of drug-likeness (QED) is 0.276. The van der Waals surface area contributed by atoms with Crippen LogP contribution in [-0.2, 0) is 19.1 Å². The number of carbonyl (C=O) groups is 4. The Balaban J connectivity index is 2.72. The van der Waals surface area contributed by atoms with Crippen LogP contribution in [-0.4, -0.2) is 53.1 Å². The lowest BCUT2D eigenvalue weighted by Gasteiger charge is -2.19. The van der Waals surface area contributed by atoms with E-state index in [1.54, 1.807) is 41.5 Å². The van der Waals surface area contributed by atoms with E-state index in [1.165, 1.54) is 12.1 Å². The first-order valence-corrected chi connectivity index (χ1v) is 10.6. The Morgan fingerprint density at radius 1 is 0.912 bits per heavy atom. The van der Waals surface area contributed by atoms with Crippen molar-refractivity contribution in [2.75, 3.05) is 18.4 Å². The number of nitrogens with one attached hydrogen (secondary N) is 3. The molecule has 0 saturated heterocycles. The number of alkyl carbamates (subject to hydrolysis) is 1. The molecule has 0 saturated carbocycles. The maximum absolute atomic E-state index is 12.5. The van der Waals surface area contributed by atoms with Crippen LogP contribution >= 0.6 is 0 Å². The predicted octanol–water partition coefficient (Wildman–Crippen LogP) is 2.91. The van der Waals surface area contributed by atoms with Gasteiger partial charge in [-0.3, -0.25) is 24.5 Å². The number of hydrogen-bond donors (Lipinski definition) is 3. The summed E-state index contributed by atoms with van der Waals surface area (Å²) in [6.07, 6.45) is -0.869. The number of carbonyl (C=O) groups excluding carboxylic acids is 4. The van der Waals surface area contributed by atoms with Gasteiger partial charge in [-0.1, -0.05) is 0 Å². The number of benzene rings is 1. The highest BCUT2D eigenvalue weighted by Crippen LogP contribution is 2.23. The molecule has 0 atom stereocenters. The van der Waals surface area contributed by atoms with E-state index in [-0.39, 0.29) is 37.2 Å². The Kier molecular flexibility index (Phi) is 9.96. The molecule has 0 fully saturated rings. The molecule has 0 aromatic heterocycles. The summed E-state index contributed by atoms with van der Waals surface area (Å²) in [7, 11) is 0. The van der Waals surface area contributed by atoms with Crippen molar-refractivity contribution >= 4 is 35.3 Å². The van der Waals surface area contributed by atoms with E-state index in [9.17, 15) is 29.3 Å². The second-order valence-corrected chi connectivity index (χ2v) is 9.31. The van der Waals surface area contributed by atoms with E-state index in [0.29, 0.717) is 0 Å². The number of hydrogen-bond acceptors (Lipinski definition) is 8. The van der Waals surface area contributed by atoms with Crippen LogP contribution < -0.4 is 16.0 Å². The molecule has 0 radical (unpaired) electrons. The SMILES string of the molecule is CC(C)(C)OC(=O)CCNC(=O)c1cc(NC(=O)CCNC(=O)OC(C)(C)C)ccc1[N+](=O)[O-]. The number of ether oxygens (including phenoxy) is 2. The molecule has 0 spiro atoms. The van der Waals surface area contributed by atoms with Crippen LogP contribution in [0.2, 0.25) is 0 Å². The molecule has 0 heterocycles. The van der Waals surface area contributed by atoms with Crippen molar-refractivity contribution in [2.45, 2.75) is 65.6 Å². The second kappa shape index (κ2) is 12.0. The molecule has 3 amide bonds. The molecule has 12 heteroatoms. The van der Waals surface area contributed by atoms with Gasteiger partial charge in [0.2, 0.25) is 5.91 Å². The van der Waals surface area contributed by atoms with Crippen molar-refractivity contribution in [3.63, 3.8) is 0 Å². The van der Waals surface area contributed by atoms with Crippen LogP contribution in [0.15, 0.2) is 18.2 Å². The van der Waals surface area contributed by atoms with Crippen molar-refractivity contribution in [1.82, 2.24) is 10.6 Å². The highest BCUT2D eigenvalue weighted by atomic mass is 16.6. The normalized spacial score (nSPS) is 11.2. The van der Waals surface area contributed by atoms with Crippen LogP contribution in [0.5, 0.6) is 0 Å². The first-order chi connectivity index (χ1) is 15.6. The zero-order valence-corrected chi connectivity index (χ0v) is 20.3. The van der Waals surface area contributed by atoms with Crippen molar-refractivity contribution in [3.8, 4) is 0 Å². The molecular weight excluding hydrogens is 448 g/mol. The minimum Gasteiger partial charge on any atom is -0.460 e. The van der Waals surface area contributed by atoms with Crippen LogP contribution in [0.3, 0.4) is 0 Å². The lowest BCUT2D eigenvalue weighted by molar-refractivity contribution is -0.385. The van der Waals surface area contributed by atoms with Gasteiger partial charge in [0, 0.05) is 31.3 Å². The number of nitro groups is 1. The molecule has 0 aliphatic rings. The molecule has 3 N–H and O–H groups in total. The van der Waals surface area contributed by atoms with Crippen molar-refractivity contribution < 1.29 is 33.6 Å². The van der Waals surface area contributed by atoms with Gasteiger partial charge >= 0.3 is 12.1 Å². The Bertz CT molecular complexity index is 932. The number of anilines is 1. The standard InChI is InChI=1S/C22H32N4O8/c1-21(2,3)33-18(28)10-12-23-19(29)15-13-14(7-8-16(15)26(31)32)25-17(27)9-11-24-20(30)34-22(4,5)6/h7-8,13H,9-12H2,1-6H3,(H,23,29)(H,24,30)(H,25,27). The Hall–Kier alpha value is -3.70. The minimum absolute atomic E-state index is 0.00569. The van der Waals surface area contributed by atoms with Crippen LogP contribution in [0, 0.1) is 10.1 Å². The van der Waals surface area contributed by atoms with Gasteiger partial charge in [-0.15, -0.1) is 0 Å². The summed E-state index contributed by atoms with van der Waals surface area (Å²) in [6, 6.07) is 3.55. The number of nitrogens with zero attached hydrogens (tertiary/aromatic N) is 1. The molecule has 0 aliphatic heterocycles. The van der Waals surface area contributed by atoms with Gasteiger partial charge in [-0.25, -0.2) is 4.79 Å². The third kappa shape index (κ3) is 11.2. The topological polar surface area (TPSA) is 166 Å². The van der Waals surface area contributed by atoms with Crippen LogP contribution in [0.25, 0.3) is 0 Å². The van der Waals surface area contributed by atoms with E-state index in [4.69, 9.17) is 9.47 Å². The average Bonchev–Trinajstić information content (AvgIpc) is 2.64. The molecule has 34 heavy (non-hydrogen) atoms. The fraction of sp³-hybridized carbons (Fsp3) is 0.545. The minimum atomic E-state index is -0.780. The number of rotatable bonds is 9. The average molecular weight is 481 g/mol. The highest BCUT2D eigenvalue weighted by molar-refractivity contribution is 6.00. The number of esters is 1. The molecule has 1 aromatic carbocycles. The predicted molar refractivity (Wildman–Crippen MR) is 123 cm³/mol. The van der Waals surface area contributed by atoms with Crippen LogP contribution in [0.1, 0.15) is 64.7 Å². The van der Waals surface area contributed by atoms with Crippen LogP contribution in [0.4, 0.5) is 16.2 Å². The van der Waals surface area contributed by atoms with E-state index in [0.717, 1.165) is 6.07 Å². The largest absolute Gasteiger partial charge is 0.460 e. The highest BCUT2D eigenvalue weighted by Gasteiger charge is 2.22. The Morgan fingerprint density at radius 3 is 2.06 bits per heavy atom. The molecule has 1 rings (SSSR count). The smallest absolute Gasteiger partial charge is 0.407 e. The third-order valence-corrected chi connectivity index (χ3v) is 3.78. The zero-order chi connectivity index (χ0) is 26.1. The van der Waals surface area contributed by atoms with E-state index in [1.807, 2.05) is 0 Å². The maximum atomic E-state index is 12.5. The lowest BCUT2D eigenvalue weighted by Crippen LogP contribution is -2.34. The third-order valence-electron chi connectivity index (χ3n) is 3.78. The summed E-state index contributed by atoms with van der Waals surface area (Å²) in [4.78, 5) is 58.6. The van der Waals surface area contributed by atoms with E-state index >= 15 is 0 Å². The Morgan fingerprint density at radius 2 is 1.50 bits per heavy atom. The summed E-state index contributed by atoms with van der Waals surface area (Å²) < 4.78 is 10.2. The first kappa shape index (κ1) is 28.3. The monoisotopic (exact) mass is 480 g/mol. The van der Waals surface area contributed by atoms with Gasteiger partial charge in [0.1, 0.15) is 16.8 Å². The van der Waals surface area contributed by atoms with Gasteiger partial charge in [0.25, 0.3) is 11.6 Å². The lowest BCUT2D eigenvalue weighted by atomic mass is 10.1. The molecule has 0 unspecified atom stereocenters. The van der Waals surface area contributed by atoms with Crippen molar-refractivity contribution in [3.05, 3.63) is 33.9 Å². The first-order valence-electron chi connectivity index (χ1n) is 10.6. The number of nitro benzene ring substituents is 1. The fourth-order valence-electron chi connectivity index (χ4n) is 2.54. The number of amides is 3. The van der Waals surface area contributed by atoms with Gasteiger partial charge in [-0.05, 0) is 53.7 Å². The summed E-state index contributed by atoms with van der Waals surface area (Å²) in [5.41, 5.74) is -1.92. The summed E-state index contributed by atoms with van der Waals surface area (Å²) in [6.45, 7) is 10.2. The van der Waals surface area contributed by atoms with Gasteiger partial charge < -0.3 is 25.4 Å². The van der Waals surface area contributed by atoms with Gasteiger partial charge in [0.05, 0.1) is 11.3 Å². The molecule has 0 bridgehead atoms. The molecule has 1 aromatic rings.